The smallest absolute Gasteiger partial charge is 0.264 e. The molecule has 6 heteroatoms. The summed E-state index contributed by atoms with van der Waals surface area (Å²) in [4.78, 5) is 19.2. The summed E-state index contributed by atoms with van der Waals surface area (Å²) in [7, 11) is 3.16. The largest absolute Gasteiger partial charge is 0.378 e. The first-order valence-corrected chi connectivity index (χ1v) is 7.10. The van der Waals surface area contributed by atoms with Crippen LogP contribution in [0.1, 0.15) is 23.2 Å². The summed E-state index contributed by atoms with van der Waals surface area (Å²) in [6.07, 6.45) is -0.406. The van der Waals surface area contributed by atoms with E-state index in [1.54, 1.807) is 14.2 Å². The number of benzene rings is 1. The van der Waals surface area contributed by atoms with Crippen LogP contribution < -0.4 is 5.56 Å². The van der Waals surface area contributed by atoms with Crippen molar-refractivity contribution in [3.05, 3.63) is 61.3 Å². The van der Waals surface area contributed by atoms with Gasteiger partial charge >= 0.3 is 0 Å². The number of ether oxygens (including phenoxy) is 2. The Labute approximate surface area is 130 Å². The minimum atomic E-state index is -0.406. The second-order valence-corrected chi connectivity index (χ2v) is 5.25. The number of halogens is 1. The standard InChI is InChI=1S/C14H15IN2O3/c1-19-8-10-11(15)14(18)17-13(16-10)12(20-2)9-6-4-3-5-7-9/h3-7,12H,8H2,1-2H3,(H,16,17,18). The molecule has 1 aromatic carbocycles. The molecule has 0 bridgehead atoms. The van der Waals surface area contributed by atoms with Crippen molar-refractivity contribution in [3.8, 4) is 0 Å². The average molecular weight is 386 g/mol. The highest BCUT2D eigenvalue weighted by atomic mass is 127. The first-order chi connectivity index (χ1) is 9.67. The molecule has 1 heterocycles. The van der Waals surface area contributed by atoms with Crippen LogP contribution in [0.25, 0.3) is 0 Å². The van der Waals surface area contributed by atoms with E-state index in [4.69, 9.17) is 9.47 Å². The van der Waals surface area contributed by atoms with Gasteiger partial charge in [-0.3, -0.25) is 4.79 Å². The zero-order valence-electron chi connectivity index (χ0n) is 11.2. The van der Waals surface area contributed by atoms with E-state index in [1.165, 1.54) is 0 Å². The highest BCUT2D eigenvalue weighted by Gasteiger charge is 2.18. The van der Waals surface area contributed by atoms with Gasteiger partial charge < -0.3 is 14.5 Å². The summed E-state index contributed by atoms with van der Waals surface area (Å²) in [5, 5.41) is 0. The van der Waals surface area contributed by atoms with Crippen LogP contribution in [0.4, 0.5) is 0 Å². The molecule has 1 atom stereocenters. The van der Waals surface area contributed by atoms with Gasteiger partial charge in [-0.05, 0) is 28.2 Å². The van der Waals surface area contributed by atoms with Crippen LogP contribution in [-0.2, 0) is 16.1 Å². The summed E-state index contributed by atoms with van der Waals surface area (Å²) in [6, 6.07) is 9.63. The van der Waals surface area contributed by atoms with E-state index in [2.05, 4.69) is 9.97 Å². The van der Waals surface area contributed by atoms with E-state index in [9.17, 15) is 4.79 Å². The second-order valence-electron chi connectivity index (χ2n) is 4.17. The van der Waals surface area contributed by atoms with Crippen LogP contribution in [0.3, 0.4) is 0 Å². The molecule has 0 fully saturated rings. The lowest BCUT2D eigenvalue weighted by atomic mass is 10.1. The van der Waals surface area contributed by atoms with Gasteiger partial charge in [0, 0.05) is 14.2 Å². The highest BCUT2D eigenvalue weighted by Crippen LogP contribution is 2.22. The Kier molecular flexibility index (Phi) is 5.27. The zero-order valence-corrected chi connectivity index (χ0v) is 13.4. The molecule has 0 spiro atoms. The number of aromatic nitrogens is 2. The minimum Gasteiger partial charge on any atom is -0.378 e. The fourth-order valence-corrected chi connectivity index (χ4v) is 2.33. The topological polar surface area (TPSA) is 64.2 Å². The predicted molar refractivity (Wildman–Crippen MR) is 83.6 cm³/mol. The predicted octanol–water partition coefficient (Wildman–Crippen LogP) is 2.26. The zero-order chi connectivity index (χ0) is 14.5. The maximum absolute atomic E-state index is 12.0. The molecule has 5 nitrogen and oxygen atoms in total. The fraction of sp³-hybridized carbons (Fsp3) is 0.286. The number of nitrogens with zero attached hydrogens (tertiary/aromatic N) is 1. The highest BCUT2D eigenvalue weighted by molar-refractivity contribution is 14.1. The van der Waals surface area contributed by atoms with Gasteiger partial charge in [-0.2, -0.15) is 0 Å². The first-order valence-electron chi connectivity index (χ1n) is 6.02. The van der Waals surface area contributed by atoms with Crippen molar-refractivity contribution in [1.82, 2.24) is 9.97 Å². The number of rotatable bonds is 5. The van der Waals surface area contributed by atoms with E-state index < -0.39 is 6.10 Å². The maximum atomic E-state index is 12.0. The molecule has 0 aliphatic carbocycles. The van der Waals surface area contributed by atoms with Crippen molar-refractivity contribution in [2.75, 3.05) is 14.2 Å². The molecule has 1 unspecified atom stereocenters. The second kappa shape index (κ2) is 6.96. The van der Waals surface area contributed by atoms with Crippen LogP contribution in [0.5, 0.6) is 0 Å². The Morgan fingerprint density at radius 2 is 2.00 bits per heavy atom. The molecule has 0 saturated heterocycles. The molecule has 20 heavy (non-hydrogen) atoms. The summed E-state index contributed by atoms with van der Waals surface area (Å²) in [6.45, 7) is 0.292. The molecule has 2 rings (SSSR count). The Hall–Kier alpha value is -1.25. The van der Waals surface area contributed by atoms with E-state index >= 15 is 0 Å². The summed E-state index contributed by atoms with van der Waals surface area (Å²) in [5.74, 6) is 0.483. The molecule has 1 N–H and O–H groups in total. The lowest BCUT2D eigenvalue weighted by Gasteiger charge is -2.16. The molecule has 106 valence electrons. The number of aromatic amines is 1. The summed E-state index contributed by atoms with van der Waals surface area (Å²) >= 11 is 1.97. The third-order valence-electron chi connectivity index (χ3n) is 2.82. The molecular weight excluding hydrogens is 371 g/mol. The Morgan fingerprint density at radius 3 is 2.60 bits per heavy atom. The number of hydrogen-bond acceptors (Lipinski definition) is 4. The van der Waals surface area contributed by atoms with Crippen LogP contribution in [-0.4, -0.2) is 24.2 Å². The third-order valence-corrected chi connectivity index (χ3v) is 3.93. The molecule has 0 saturated carbocycles. The van der Waals surface area contributed by atoms with Crippen molar-refractivity contribution in [2.24, 2.45) is 0 Å². The van der Waals surface area contributed by atoms with Gasteiger partial charge in [0.25, 0.3) is 5.56 Å². The Balaban J connectivity index is 2.48. The maximum Gasteiger partial charge on any atom is 0.264 e. The number of methoxy groups -OCH3 is 2. The number of nitrogens with one attached hydrogen (secondary N) is 1. The molecule has 0 aliphatic rings. The minimum absolute atomic E-state index is 0.180. The van der Waals surface area contributed by atoms with Crippen molar-refractivity contribution in [1.29, 1.82) is 0 Å². The van der Waals surface area contributed by atoms with Crippen molar-refractivity contribution in [3.63, 3.8) is 0 Å². The SMILES string of the molecule is COCc1nc(C(OC)c2ccccc2)[nH]c(=O)c1I. The monoisotopic (exact) mass is 386 g/mol. The Bertz CT molecular complexity index is 628. The first kappa shape index (κ1) is 15.1. The van der Waals surface area contributed by atoms with Gasteiger partial charge in [0.2, 0.25) is 0 Å². The van der Waals surface area contributed by atoms with Crippen molar-refractivity contribution in [2.45, 2.75) is 12.7 Å². The third kappa shape index (κ3) is 3.25. The normalized spacial score (nSPS) is 12.3. The van der Waals surface area contributed by atoms with Crippen molar-refractivity contribution < 1.29 is 9.47 Å². The van der Waals surface area contributed by atoms with Gasteiger partial charge in [-0.25, -0.2) is 4.98 Å². The van der Waals surface area contributed by atoms with Crippen LogP contribution in [0.15, 0.2) is 35.1 Å². The van der Waals surface area contributed by atoms with E-state index in [0.717, 1.165) is 5.56 Å². The van der Waals surface area contributed by atoms with Gasteiger partial charge in [-0.15, -0.1) is 0 Å². The average Bonchev–Trinajstić information content (AvgIpc) is 2.46. The van der Waals surface area contributed by atoms with Gasteiger partial charge in [0.15, 0.2) is 0 Å². The lowest BCUT2D eigenvalue weighted by Crippen LogP contribution is -2.21. The van der Waals surface area contributed by atoms with E-state index in [1.807, 2.05) is 52.9 Å². The molecule has 0 aliphatic heterocycles. The van der Waals surface area contributed by atoms with Crippen LogP contribution >= 0.6 is 22.6 Å². The summed E-state index contributed by atoms with van der Waals surface area (Å²) < 4.78 is 11.1. The quantitative estimate of drug-likeness (QED) is 0.801. The summed E-state index contributed by atoms with van der Waals surface area (Å²) in [5.41, 5.74) is 1.37. The number of hydrogen-bond donors (Lipinski definition) is 1. The van der Waals surface area contributed by atoms with Crippen LogP contribution in [0.2, 0.25) is 0 Å². The Morgan fingerprint density at radius 1 is 1.30 bits per heavy atom. The lowest BCUT2D eigenvalue weighted by molar-refractivity contribution is 0.127. The van der Waals surface area contributed by atoms with Gasteiger partial charge in [-0.1, -0.05) is 30.3 Å². The van der Waals surface area contributed by atoms with E-state index in [-0.39, 0.29) is 5.56 Å². The molecule has 0 amide bonds. The van der Waals surface area contributed by atoms with Gasteiger partial charge in [0.05, 0.1) is 12.3 Å². The molecular formula is C14H15IN2O3. The van der Waals surface area contributed by atoms with Crippen molar-refractivity contribution >= 4 is 22.6 Å². The van der Waals surface area contributed by atoms with E-state index in [0.29, 0.717) is 21.7 Å². The molecule has 0 radical (unpaired) electrons. The number of H-pyrrole nitrogens is 1. The fourth-order valence-electron chi connectivity index (χ4n) is 1.91. The van der Waals surface area contributed by atoms with Gasteiger partial charge in [0.1, 0.15) is 15.5 Å². The molecule has 1 aromatic heterocycles. The van der Waals surface area contributed by atoms with Crippen LogP contribution in [0, 0.1) is 3.57 Å². The molecule has 2 aromatic rings.